The van der Waals surface area contributed by atoms with Gasteiger partial charge in [0.25, 0.3) is 0 Å². The minimum Gasteiger partial charge on any atom is -0.461 e. The van der Waals surface area contributed by atoms with Crippen molar-refractivity contribution in [2.24, 2.45) is 5.92 Å². The standard InChI is InChI=1S/C12H16O3/c1-8-4-5-11(6-12(8)14)9(2)7-15-10(3)13/h4,11H,2,5-7H2,1,3H3. The van der Waals surface area contributed by atoms with Gasteiger partial charge in [0.15, 0.2) is 5.78 Å². The molecule has 0 heterocycles. The topological polar surface area (TPSA) is 43.4 Å². The Balaban J connectivity index is 2.49. The van der Waals surface area contributed by atoms with Crippen molar-refractivity contribution in [1.82, 2.24) is 0 Å². The molecule has 82 valence electrons. The van der Waals surface area contributed by atoms with E-state index in [1.807, 2.05) is 13.0 Å². The quantitative estimate of drug-likeness (QED) is 0.526. The lowest BCUT2D eigenvalue weighted by Gasteiger charge is -2.21. The van der Waals surface area contributed by atoms with Gasteiger partial charge in [0.1, 0.15) is 6.61 Å². The Bertz CT molecular complexity index is 326. The van der Waals surface area contributed by atoms with Gasteiger partial charge in [0.05, 0.1) is 0 Å². The molecule has 0 saturated heterocycles. The Morgan fingerprint density at radius 3 is 2.87 bits per heavy atom. The predicted molar refractivity (Wildman–Crippen MR) is 57.3 cm³/mol. The Labute approximate surface area is 89.8 Å². The number of hydrogen-bond acceptors (Lipinski definition) is 3. The Morgan fingerprint density at radius 2 is 2.33 bits per heavy atom. The maximum atomic E-state index is 11.4. The highest BCUT2D eigenvalue weighted by molar-refractivity contribution is 5.95. The number of carbonyl (C=O) groups excluding carboxylic acids is 2. The summed E-state index contributed by atoms with van der Waals surface area (Å²) in [4.78, 5) is 22.0. The molecule has 1 atom stereocenters. The van der Waals surface area contributed by atoms with E-state index in [-0.39, 0.29) is 24.3 Å². The van der Waals surface area contributed by atoms with Crippen molar-refractivity contribution in [3.63, 3.8) is 0 Å². The molecule has 0 fully saturated rings. The normalized spacial score (nSPS) is 20.8. The van der Waals surface area contributed by atoms with E-state index >= 15 is 0 Å². The van der Waals surface area contributed by atoms with Gasteiger partial charge < -0.3 is 4.74 Å². The van der Waals surface area contributed by atoms with Crippen LogP contribution in [0.2, 0.25) is 0 Å². The molecule has 0 saturated carbocycles. The van der Waals surface area contributed by atoms with Gasteiger partial charge in [-0.3, -0.25) is 9.59 Å². The van der Waals surface area contributed by atoms with Crippen molar-refractivity contribution in [1.29, 1.82) is 0 Å². The number of ketones is 1. The molecule has 1 unspecified atom stereocenters. The Kier molecular flexibility index (Phi) is 3.83. The fraction of sp³-hybridized carbons (Fsp3) is 0.500. The third-order valence-corrected chi connectivity index (χ3v) is 2.62. The van der Waals surface area contributed by atoms with E-state index in [2.05, 4.69) is 6.58 Å². The number of Topliss-reactive ketones (excluding diaryl/α,β-unsaturated/α-hetero) is 1. The van der Waals surface area contributed by atoms with Gasteiger partial charge in [0, 0.05) is 13.3 Å². The van der Waals surface area contributed by atoms with Crippen molar-refractivity contribution in [2.75, 3.05) is 6.61 Å². The smallest absolute Gasteiger partial charge is 0.302 e. The van der Waals surface area contributed by atoms with Gasteiger partial charge in [-0.25, -0.2) is 0 Å². The van der Waals surface area contributed by atoms with Gasteiger partial charge >= 0.3 is 5.97 Å². The fourth-order valence-corrected chi connectivity index (χ4v) is 1.52. The Morgan fingerprint density at radius 1 is 1.67 bits per heavy atom. The second-order valence-corrected chi connectivity index (χ2v) is 3.89. The SMILES string of the molecule is C=C(COC(C)=O)C1CC=C(C)C(=O)C1. The summed E-state index contributed by atoms with van der Waals surface area (Å²) < 4.78 is 4.85. The lowest BCUT2D eigenvalue weighted by atomic mass is 9.85. The van der Waals surface area contributed by atoms with Crippen molar-refractivity contribution in [3.8, 4) is 0 Å². The van der Waals surface area contributed by atoms with Crippen molar-refractivity contribution in [2.45, 2.75) is 26.7 Å². The van der Waals surface area contributed by atoms with Crippen LogP contribution in [0.25, 0.3) is 0 Å². The van der Waals surface area contributed by atoms with E-state index < -0.39 is 0 Å². The third-order valence-electron chi connectivity index (χ3n) is 2.62. The average Bonchev–Trinajstić information content (AvgIpc) is 2.18. The van der Waals surface area contributed by atoms with E-state index in [1.54, 1.807) is 0 Å². The van der Waals surface area contributed by atoms with Crippen molar-refractivity contribution >= 4 is 11.8 Å². The fourth-order valence-electron chi connectivity index (χ4n) is 1.52. The first-order valence-corrected chi connectivity index (χ1v) is 5.01. The zero-order valence-electron chi connectivity index (χ0n) is 9.21. The summed E-state index contributed by atoms with van der Waals surface area (Å²) in [7, 11) is 0. The highest BCUT2D eigenvalue weighted by Crippen LogP contribution is 2.26. The van der Waals surface area contributed by atoms with E-state index in [0.717, 1.165) is 17.6 Å². The molecule has 0 radical (unpaired) electrons. The molecule has 0 amide bonds. The first-order valence-electron chi connectivity index (χ1n) is 5.01. The monoisotopic (exact) mass is 208 g/mol. The van der Waals surface area contributed by atoms with Crippen LogP contribution in [0.5, 0.6) is 0 Å². The summed E-state index contributed by atoms with van der Waals surface area (Å²) in [6, 6.07) is 0. The summed E-state index contributed by atoms with van der Waals surface area (Å²) in [5, 5.41) is 0. The summed E-state index contributed by atoms with van der Waals surface area (Å²) in [6.07, 6.45) is 3.23. The van der Waals surface area contributed by atoms with Crippen LogP contribution in [-0.2, 0) is 14.3 Å². The van der Waals surface area contributed by atoms with Crippen molar-refractivity contribution < 1.29 is 14.3 Å². The zero-order valence-corrected chi connectivity index (χ0v) is 9.21. The van der Waals surface area contributed by atoms with E-state index in [4.69, 9.17) is 4.74 Å². The van der Waals surface area contributed by atoms with Crippen molar-refractivity contribution in [3.05, 3.63) is 23.8 Å². The highest BCUT2D eigenvalue weighted by atomic mass is 16.5. The summed E-state index contributed by atoms with van der Waals surface area (Å²) >= 11 is 0. The molecule has 1 aliphatic carbocycles. The van der Waals surface area contributed by atoms with Gasteiger partial charge in [-0.05, 0) is 30.4 Å². The van der Waals surface area contributed by atoms with Crippen LogP contribution in [0.15, 0.2) is 23.8 Å². The molecule has 0 aromatic heterocycles. The van der Waals surface area contributed by atoms with Crippen LogP contribution in [0.4, 0.5) is 0 Å². The summed E-state index contributed by atoms with van der Waals surface area (Å²) in [5.74, 6) is -0.0271. The number of ether oxygens (including phenoxy) is 1. The molecule has 3 heteroatoms. The molecule has 0 spiro atoms. The first-order chi connectivity index (χ1) is 7.00. The molecular formula is C12H16O3. The van der Waals surface area contributed by atoms with E-state index in [0.29, 0.717) is 6.42 Å². The number of esters is 1. The van der Waals surface area contributed by atoms with Gasteiger partial charge in [-0.15, -0.1) is 0 Å². The van der Waals surface area contributed by atoms with Gasteiger partial charge in [-0.2, -0.15) is 0 Å². The number of allylic oxidation sites excluding steroid dienone is 2. The average molecular weight is 208 g/mol. The number of rotatable bonds is 3. The first kappa shape index (κ1) is 11.7. The lowest BCUT2D eigenvalue weighted by Crippen LogP contribution is -2.18. The van der Waals surface area contributed by atoms with Crippen LogP contribution in [0, 0.1) is 5.92 Å². The Hall–Kier alpha value is -1.38. The number of hydrogen-bond donors (Lipinski definition) is 0. The molecule has 1 rings (SSSR count). The zero-order chi connectivity index (χ0) is 11.4. The molecule has 1 aliphatic rings. The van der Waals surface area contributed by atoms with Crippen LogP contribution < -0.4 is 0 Å². The lowest BCUT2D eigenvalue weighted by molar-refractivity contribution is -0.140. The second-order valence-electron chi connectivity index (χ2n) is 3.89. The number of carbonyl (C=O) groups is 2. The van der Waals surface area contributed by atoms with E-state index in [9.17, 15) is 9.59 Å². The predicted octanol–water partition coefficient (Wildman–Crippen LogP) is 2.03. The minimum atomic E-state index is -0.315. The van der Waals surface area contributed by atoms with Gasteiger partial charge in [0.2, 0.25) is 0 Å². The summed E-state index contributed by atoms with van der Waals surface area (Å²) in [6.45, 7) is 7.26. The molecule has 0 bridgehead atoms. The largest absolute Gasteiger partial charge is 0.461 e. The highest BCUT2D eigenvalue weighted by Gasteiger charge is 2.21. The molecule has 15 heavy (non-hydrogen) atoms. The minimum absolute atomic E-state index is 0.126. The molecular weight excluding hydrogens is 192 g/mol. The maximum Gasteiger partial charge on any atom is 0.302 e. The van der Waals surface area contributed by atoms with Gasteiger partial charge in [-0.1, -0.05) is 12.7 Å². The molecule has 0 aliphatic heterocycles. The molecule has 0 aromatic rings. The summed E-state index contributed by atoms with van der Waals surface area (Å²) in [5.41, 5.74) is 1.65. The third kappa shape index (κ3) is 3.35. The molecule has 0 aromatic carbocycles. The molecule has 0 N–H and O–H groups in total. The van der Waals surface area contributed by atoms with Crippen LogP contribution in [0.1, 0.15) is 26.7 Å². The second kappa shape index (κ2) is 4.91. The van der Waals surface area contributed by atoms with Crippen LogP contribution in [0.3, 0.4) is 0 Å². The molecule has 3 nitrogen and oxygen atoms in total. The van der Waals surface area contributed by atoms with E-state index in [1.165, 1.54) is 6.92 Å². The van der Waals surface area contributed by atoms with Crippen LogP contribution in [-0.4, -0.2) is 18.4 Å². The van der Waals surface area contributed by atoms with Crippen LogP contribution >= 0.6 is 0 Å². The maximum absolute atomic E-state index is 11.4.